The zero-order valence-electron chi connectivity index (χ0n) is 7.60. The predicted octanol–water partition coefficient (Wildman–Crippen LogP) is 3.59. The molecule has 0 bridgehead atoms. The van der Waals surface area contributed by atoms with Gasteiger partial charge in [0.15, 0.2) is 5.78 Å². The Morgan fingerprint density at radius 3 is 2.60 bits per heavy atom. The lowest BCUT2D eigenvalue weighted by Crippen LogP contribution is -2.34. The predicted molar refractivity (Wildman–Crippen MR) is 62.8 cm³/mol. The highest BCUT2D eigenvalue weighted by Crippen LogP contribution is 2.32. The first-order valence-electron chi connectivity index (χ1n) is 4.36. The molecule has 0 aromatic heterocycles. The van der Waals surface area contributed by atoms with Crippen molar-refractivity contribution >= 4 is 44.9 Å². The fourth-order valence-electron chi connectivity index (χ4n) is 1.34. The fourth-order valence-corrected chi connectivity index (χ4v) is 2.35. The van der Waals surface area contributed by atoms with E-state index in [1.54, 1.807) is 12.1 Å². The number of benzene rings is 1. The number of ketones is 1. The number of carbonyl (C=O) groups excluding carboxylic acids is 1. The molecular weight excluding hydrogens is 303 g/mol. The van der Waals surface area contributed by atoms with E-state index in [1.165, 1.54) is 0 Å². The average Bonchev–Trinajstić information content (AvgIpc) is 2.08. The smallest absolute Gasteiger partial charge is 0.172 e. The SMILES string of the molecule is O=C(c1cc(Cl)cc(Br)c1Cl)C1COC1. The van der Waals surface area contributed by atoms with Crippen LogP contribution in [0.1, 0.15) is 10.4 Å². The maximum atomic E-state index is 11.9. The largest absolute Gasteiger partial charge is 0.380 e. The lowest BCUT2D eigenvalue weighted by Gasteiger charge is -2.25. The number of hydrogen-bond donors (Lipinski definition) is 0. The molecule has 0 saturated carbocycles. The van der Waals surface area contributed by atoms with Crippen molar-refractivity contribution in [1.29, 1.82) is 0 Å². The van der Waals surface area contributed by atoms with Crippen molar-refractivity contribution in [1.82, 2.24) is 0 Å². The summed E-state index contributed by atoms with van der Waals surface area (Å²) in [7, 11) is 0. The lowest BCUT2D eigenvalue weighted by molar-refractivity contribution is -0.0194. The van der Waals surface area contributed by atoms with Gasteiger partial charge >= 0.3 is 0 Å². The Bertz CT molecular complexity index is 416. The van der Waals surface area contributed by atoms with Gasteiger partial charge in [-0.2, -0.15) is 0 Å². The molecule has 1 heterocycles. The molecule has 0 N–H and O–H groups in total. The summed E-state index contributed by atoms with van der Waals surface area (Å²) in [5.74, 6) is -0.0812. The summed E-state index contributed by atoms with van der Waals surface area (Å²) < 4.78 is 5.61. The minimum absolute atomic E-state index is 0.00514. The Hall–Kier alpha value is -0.0900. The van der Waals surface area contributed by atoms with E-state index < -0.39 is 0 Å². The minimum atomic E-state index is -0.0760. The first-order valence-corrected chi connectivity index (χ1v) is 5.91. The Balaban J connectivity index is 2.38. The summed E-state index contributed by atoms with van der Waals surface area (Å²) >= 11 is 15.1. The van der Waals surface area contributed by atoms with Crippen LogP contribution in [0.25, 0.3) is 0 Å². The zero-order chi connectivity index (χ0) is 11.0. The molecule has 0 spiro atoms. The molecule has 1 aromatic carbocycles. The maximum absolute atomic E-state index is 11.9. The van der Waals surface area contributed by atoms with Crippen LogP contribution in [0.5, 0.6) is 0 Å². The molecule has 15 heavy (non-hydrogen) atoms. The van der Waals surface area contributed by atoms with Crippen LogP contribution in [0.2, 0.25) is 10.0 Å². The third kappa shape index (κ3) is 2.21. The monoisotopic (exact) mass is 308 g/mol. The second-order valence-corrected chi connectivity index (χ2v) is 5.02. The van der Waals surface area contributed by atoms with Gasteiger partial charge in [0.2, 0.25) is 0 Å². The first kappa shape index (κ1) is 11.4. The minimum Gasteiger partial charge on any atom is -0.380 e. The van der Waals surface area contributed by atoms with Gasteiger partial charge in [-0.15, -0.1) is 0 Å². The molecule has 2 rings (SSSR count). The van der Waals surface area contributed by atoms with Crippen LogP contribution in [0, 0.1) is 5.92 Å². The fraction of sp³-hybridized carbons (Fsp3) is 0.300. The van der Waals surface area contributed by atoms with Crippen molar-refractivity contribution in [2.24, 2.45) is 5.92 Å². The molecular formula is C10H7BrCl2O2. The third-order valence-corrected chi connectivity index (χ3v) is 3.75. The molecule has 1 aliphatic heterocycles. The molecule has 1 aromatic rings. The van der Waals surface area contributed by atoms with Gasteiger partial charge in [0.1, 0.15) is 0 Å². The number of carbonyl (C=O) groups is 1. The van der Waals surface area contributed by atoms with E-state index in [0.29, 0.717) is 33.3 Å². The van der Waals surface area contributed by atoms with Gasteiger partial charge in [-0.3, -0.25) is 4.79 Å². The molecule has 1 fully saturated rings. The Kier molecular flexibility index (Phi) is 3.36. The maximum Gasteiger partial charge on any atom is 0.172 e. The lowest BCUT2D eigenvalue weighted by atomic mass is 9.96. The van der Waals surface area contributed by atoms with Crippen molar-refractivity contribution in [3.63, 3.8) is 0 Å². The second-order valence-electron chi connectivity index (χ2n) is 3.35. The third-order valence-electron chi connectivity index (χ3n) is 2.27. The molecule has 80 valence electrons. The highest BCUT2D eigenvalue weighted by atomic mass is 79.9. The van der Waals surface area contributed by atoms with E-state index in [-0.39, 0.29) is 11.7 Å². The average molecular weight is 310 g/mol. The van der Waals surface area contributed by atoms with Crippen molar-refractivity contribution in [2.75, 3.05) is 13.2 Å². The van der Waals surface area contributed by atoms with Gasteiger partial charge < -0.3 is 4.74 Å². The van der Waals surface area contributed by atoms with Crippen LogP contribution in [-0.2, 0) is 4.74 Å². The van der Waals surface area contributed by atoms with Gasteiger partial charge in [-0.1, -0.05) is 23.2 Å². The molecule has 0 unspecified atom stereocenters. The molecule has 2 nitrogen and oxygen atoms in total. The number of Topliss-reactive ketones (excluding diaryl/α,β-unsaturated/α-hetero) is 1. The molecule has 0 radical (unpaired) electrons. The number of halogens is 3. The second kappa shape index (κ2) is 4.42. The Morgan fingerprint density at radius 1 is 1.40 bits per heavy atom. The van der Waals surface area contributed by atoms with Gasteiger partial charge in [0.25, 0.3) is 0 Å². The van der Waals surface area contributed by atoms with Crippen LogP contribution in [0.3, 0.4) is 0 Å². The summed E-state index contributed by atoms with van der Waals surface area (Å²) in [4.78, 5) is 11.9. The first-order chi connectivity index (χ1) is 7.09. The number of ether oxygens (including phenoxy) is 1. The number of rotatable bonds is 2. The van der Waals surface area contributed by atoms with Crippen molar-refractivity contribution < 1.29 is 9.53 Å². The highest BCUT2D eigenvalue weighted by molar-refractivity contribution is 9.10. The standard InChI is InChI=1S/C10H7BrCl2O2/c11-8-2-6(12)1-7(9(8)13)10(14)5-3-15-4-5/h1-2,5H,3-4H2. The van der Waals surface area contributed by atoms with Crippen LogP contribution in [0.15, 0.2) is 16.6 Å². The van der Waals surface area contributed by atoms with Gasteiger partial charge in [-0.25, -0.2) is 0 Å². The molecule has 0 aliphatic carbocycles. The van der Waals surface area contributed by atoms with Gasteiger partial charge in [0, 0.05) is 15.1 Å². The van der Waals surface area contributed by atoms with Gasteiger partial charge in [-0.05, 0) is 28.1 Å². The van der Waals surface area contributed by atoms with E-state index in [0.717, 1.165) is 0 Å². The van der Waals surface area contributed by atoms with Crippen LogP contribution in [-0.4, -0.2) is 19.0 Å². The normalized spacial score (nSPS) is 16.2. The quantitative estimate of drug-likeness (QED) is 0.616. The van der Waals surface area contributed by atoms with E-state index in [2.05, 4.69) is 15.9 Å². The molecule has 5 heteroatoms. The van der Waals surface area contributed by atoms with E-state index >= 15 is 0 Å². The van der Waals surface area contributed by atoms with Crippen LogP contribution < -0.4 is 0 Å². The van der Waals surface area contributed by atoms with Crippen LogP contribution >= 0.6 is 39.1 Å². The van der Waals surface area contributed by atoms with E-state index in [9.17, 15) is 4.79 Å². The number of hydrogen-bond acceptors (Lipinski definition) is 2. The van der Waals surface area contributed by atoms with Crippen LogP contribution in [0.4, 0.5) is 0 Å². The summed E-state index contributed by atoms with van der Waals surface area (Å²) in [6.07, 6.45) is 0. The Morgan fingerprint density at radius 2 is 2.07 bits per heavy atom. The van der Waals surface area contributed by atoms with E-state index in [1.807, 2.05) is 0 Å². The summed E-state index contributed by atoms with van der Waals surface area (Å²) in [6.45, 7) is 0.943. The zero-order valence-corrected chi connectivity index (χ0v) is 10.7. The Labute approximate surface area is 106 Å². The van der Waals surface area contributed by atoms with E-state index in [4.69, 9.17) is 27.9 Å². The van der Waals surface area contributed by atoms with Crippen molar-refractivity contribution in [3.8, 4) is 0 Å². The molecule has 1 saturated heterocycles. The van der Waals surface area contributed by atoms with Crippen molar-refractivity contribution in [2.45, 2.75) is 0 Å². The summed E-state index contributed by atoms with van der Waals surface area (Å²) in [5.41, 5.74) is 0.462. The summed E-state index contributed by atoms with van der Waals surface area (Å²) in [6, 6.07) is 3.26. The topological polar surface area (TPSA) is 26.3 Å². The highest BCUT2D eigenvalue weighted by Gasteiger charge is 2.29. The van der Waals surface area contributed by atoms with Gasteiger partial charge in [0.05, 0.1) is 24.2 Å². The molecule has 0 atom stereocenters. The van der Waals surface area contributed by atoms with Crippen molar-refractivity contribution in [3.05, 3.63) is 32.2 Å². The molecule has 1 aliphatic rings. The molecule has 0 amide bonds. The summed E-state index contributed by atoms with van der Waals surface area (Å²) in [5, 5.41) is 0.908.